The molecule has 0 aliphatic heterocycles. The van der Waals surface area contributed by atoms with Crippen molar-refractivity contribution in [3.63, 3.8) is 0 Å². The molecule has 0 saturated carbocycles. The normalized spacial score (nSPS) is 12.2. The van der Waals surface area contributed by atoms with E-state index in [2.05, 4.69) is 6.92 Å². The van der Waals surface area contributed by atoms with Crippen LogP contribution < -0.4 is 15.2 Å². The second-order valence-electron chi connectivity index (χ2n) is 4.92. The van der Waals surface area contributed by atoms with Crippen LogP contribution in [0, 0.1) is 0 Å². The van der Waals surface area contributed by atoms with E-state index < -0.39 is 0 Å². The van der Waals surface area contributed by atoms with Crippen molar-refractivity contribution in [2.45, 2.75) is 52.0 Å². The number of hydrogen-bond acceptors (Lipinski definition) is 3. The lowest BCUT2D eigenvalue weighted by molar-refractivity contribution is 0.296. The van der Waals surface area contributed by atoms with Crippen molar-refractivity contribution in [2.24, 2.45) is 5.73 Å². The maximum Gasteiger partial charge on any atom is 0.127 e. The quantitative estimate of drug-likeness (QED) is 0.685. The summed E-state index contributed by atoms with van der Waals surface area (Å²) in [6.07, 6.45) is 6.19. The molecule has 1 aromatic rings. The van der Waals surface area contributed by atoms with Gasteiger partial charge in [-0.1, -0.05) is 38.7 Å². The van der Waals surface area contributed by atoms with Crippen molar-refractivity contribution in [2.75, 3.05) is 13.7 Å². The number of methoxy groups -OCH3 is 1. The van der Waals surface area contributed by atoms with Gasteiger partial charge in [0, 0.05) is 6.04 Å². The van der Waals surface area contributed by atoms with E-state index in [1.165, 1.54) is 25.7 Å². The van der Waals surface area contributed by atoms with Crippen molar-refractivity contribution in [3.8, 4) is 11.5 Å². The Labute approximate surface area is 117 Å². The molecule has 1 atom stereocenters. The van der Waals surface area contributed by atoms with Gasteiger partial charge in [0.1, 0.15) is 11.5 Å². The molecule has 0 aliphatic carbocycles. The van der Waals surface area contributed by atoms with E-state index >= 15 is 0 Å². The van der Waals surface area contributed by atoms with Gasteiger partial charge >= 0.3 is 0 Å². The Balaban J connectivity index is 2.53. The van der Waals surface area contributed by atoms with Gasteiger partial charge in [-0.2, -0.15) is 0 Å². The predicted molar refractivity (Wildman–Crippen MR) is 79.9 cm³/mol. The average molecular weight is 265 g/mol. The van der Waals surface area contributed by atoms with Gasteiger partial charge in [0.05, 0.1) is 19.3 Å². The molecule has 0 heterocycles. The number of rotatable bonds is 9. The zero-order chi connectivity index (χ0) is 14.1. The molecular formula is C16H27NO2. The fourth-order valence-electron chi connectivity index (χ4n) is 2.16. The Morgan fingerprint density at radius 1 is 1.11 bits per heavy atom. The summed E-state index contributed by atoms with van der Waals surface area (Å²) in [4.78, 5) is 0. The zero-order valence-corrected chi connectivity index (χ0v) is 12.4. The lowest BCUT2D eigenvalue weighted by atomic mass is 10.1. The summed E-state index contributed by atoms with van der Waals surface area (Å²) in [5.41, 5.74) is 6.96. The Hall–Kier alpha value is -1.22. The Kier molecular flexibility index (Phi) is 7.34. The minimum Gasteiger partial charge on any atom is -0.496 e. The summed E-state index contributed by atoms with van der Waals surface area (Å²) < 4.78 is 11.2. The van der Waals surface area contributed by atoms with Crippen molar-refractivity contribution in [1.29, 1.82) is 0 Å². The monoisotopic (exact) mass is 265 g/mol. The fourth-order valence-corrected chi connectivity index (χ4v) is 2.16. The van der Waals surface area contributed by atoms with Crippen molar-refractivity contribution in [3.05, 3.63) is 23.8 Å². The van der Waals surface area contributed by atoms with Crippen molar-refractivity contribution in [1.82, 2.24) is 0 Å². The van der Waals surface area contributed by atoms with E-state index in [0.717, 1.165) is 30.1 Å². The maximum atomic E-state index is 6.00. The Bertz CT molecular complexity index is 364. The van der Waals surface area contributed by atoms with Gasteiger partial charge < -0.3 is 15.2 Å². The number of nitrogens with two attached hydrogens (primary N) is 1. The minimum absolute atomic E-state index is 0.0914. The van der Waals surface area contributed by atoms with Gasteiger partial charge in [-0.15, -0.1) is 0 Å². The number of unbranched alkanes of at least 4 members (excludes halogenated alkanes) is 4. The number of ether oxygens (including phenoxy) is 2. The largest absolute Gasteiger partial charge is 0.496 e. The van der Waals surface area contributed by atoms with Gasteiger partial charge in [0.25, 0.3) is 0 Å². The summed E-state index contributed by atoms with van der Waals surface area (Å²) in [5.74, 6) is 1.66. The van der Waals surface area contributed by atoms with Crippen LogP contribution in [-0.4, -0.2) is 13.7 Å². The third-order valence-electron chi connectivity index (χ3n) is 3.21. The van der Waals surface area contributed by atoms with Crippen LogP contribution in [0.4, 0.5) is 0 Å². The smallest absolute Gasteiger partial charge is 0.127 e. The highest BCUT2D eigenvalue weighted by Crippen LogP contribution is 2.32. The molecule has 0 aromatic heterocycles. The van der Waals surface area contributed by atoms with Crippen LogP contribution in [0.1, 0.15) is 57.6 Å². The van der Waals surface area contributed by atoms with Crippen LogP contribution >= 0.6 is 0 Å². The second kappa shape index (κ2) is 8.81. The fraction of sp³-hybridized carbons (Fsp3) is 0.625. The molecule has 0 spiro atoms. The Morgan fingerprint density at radius 2 is 1.79 bits per heavy atom. The van der Waals surface area contributed by atoms with Crippen molar-refractivity contribution >= 4 is 0 Å². The van der Waals surface area contributed by atoms with E-state index in [-0.39, 0.29) is 6.04 Å². The number of hydrogen-bond donors (Lipinski definition) is 1. The third-order valence-corrected chi connectivity index (χ3v) is 3.21. The highest BCUT2D eigenvalue weighted by Gasteiger charge is 2.13. The van der Waals surface area contributed by atoms with E-state index in [1.54, 1.807) is 7.11 Å². The molecule has 0 bridgehead atoms. The highest BCUT2D eigenvalue weighted by molar-refractivity contribution is 5.46. The van der Waals surface area contributed by atoms with E-state index in [4.69, 9.17) is 15.2 Å². The van der Waals surface area contributed by atoms with E-state index in [0.29, 0.717) is 0 Å². The maximum absolute atomic E-state index is 6.00. The zero-order valence-electron chi connectivity index (χ0n) is 12.4. The molecule has 0 saturated heterocycles. The molecule has 0 amide bonds. The standard InChI is InChI=1S/C16H27NO2/c1-4-5-6-7-8-12-19-15-11-9-10-14(18-3)16(15)13(2)17/h9-11,13H,4-8,12,17H2,1-3H3/t13-/m0/s1. The first-order valence-electron chi connectivity index (χ1n) is 7.26. The van der Waals surface area contributed by atoms with E-state index in [1.807, 2.05) is 25.1 Å². The third kappa shape index (κ3) is 5.11. The molecule has 108 valence electrons. The Morgan fingerprint density at radius 3 is 2.42 bits per heavy atom. The first-order valence-corrected chi connectivity index (χ1v) is 7.26. The second-order valence-corrected chi connectivity index (χ2v) is 4.92. The van der Waals surface area contributed by atoms with Gasteiger partial charge in [-0.25, -0.2) is 0 Å². The minimum atomic E-state index is -0.0914. The van der Waals surface area contributed by atoms with E-state index in [9.17, 15) is 0 Å². The predicted octanol–water partition coefficient (Wildman–Crippen LogP) is 4.06. The topological polar surface area (TPSA) is 44.5 Å². The van der Waals surface area contributed by atoms with Crippen LogP contribution in [0.2, 0.25) is 0 Å². The summed E-state index contributed by atoms with van der Waals surface area (Å²) in [6.45, 7) is 4.92. The first kappa shape index (κ1) is 15.8. The molecular weight excluding hydrogens is 238 g/mol. The molecule has 0 unspecified atom stereocenters. The lowest BCUT2D eigenvalue weighted by Crippen LogP contribution is -2.10. The molecule has 3 nitrogen and oxygen atoms in total. The van der Waals surface area contributed by atoms with Gasteiger partial charge in [-0.05, 0) is 25.5 Å². The highest BCUT2D eigenvalue weighted by atomic mass is 16.5. The van der Waals surface area contributed by atoms with Crippen LogP contribution in [0.3, 0.4) is 0 Å². The number of benzene rings is 1. The molecule has 3 heteroatoms. The SMILES string of the molecule is CCCCCCCOc1cccc(OC)c1[C@H](C)N. The molecule has 0 aliphatic rings. The van der Waals surface area contributed by atoms with Gasteiger partial charge in [-0.3, -0.25) is 0 Å². The summed E-state index contributed by atoms with van der Waals surface area (Å²) in [7, 11) is 1.66. The molecule has 0 radical (unpaired) electrons. The lowest BCUT2D eigenvalue weighted by Gasteiger charge is -2.17. The van der Waals surface area contributed by atoms with Crippen LogP contribution in [0.15, 0.2) is 18.2 Å². The first-order chi connectivity index (χ1) is 9.20. The molecule has 1 aromatic carbocycles. The summed E-state index contributed by atoms with van der Waals surface area (Å²) in [6, 6.07) is 5.74. The molecule has 1 rings (SSSR count). The van der Waals surface area contributed by atoms with Crippen LogP contribution in [0.5, 0.6) is 11.5 Å². The van der Waals surface area contributed by atoms with Crippen molar-refractivity contribution < 1.29 is 9.47 Å². The van der Waals surface area contributed by atoms with Gasteiger partial charge in [0.15, 0.2) is 0 Å². The average Bonchev–Trinajstić information content (AvgIpc) is 2.42. The van der Waals surface area contributed by atoms with Crippen LogP contribution in [0.25, 0.3) is 0 Å². The molecule has 0 fully saturated rings. The molecule has 2 N–H and O–H groups in total. The van der Waals surface area contributed by atoms with Crippen LogP contribution in [-0.2, 0) is 0 Å². The molecule has 19 heavy (non-hydrogen) atoms. The summed E-state index contributed by atoms with van der Waals surface area (Å²) >= 11 is 0. The van der Waals surface area contributed by atoms with Gasteiger partial charge in [0.2, 0.25) is 0 Å². The summed E-state index contributed by atoms with van der Waals surface area (Å²) in [5, 5.41) is 0.